The third kappa shape index (κ3) is 3.80. The molecule has 0 N–H and O–H groups in total. The first kappa shape index (κ1) is 22.1. The zero-order chi connectivity index (χ0) is 22.2. The highest BCUT2D eigenvalue weighted by Gasteiger charge is 2.36. The van der Waals surface area contributed by atoms with Crippen LogP contribution >= 0.6 is 0 Å². The van der Waals surface area contributed by atoms with Crippen molar-refractivity contribution in [1.82, 2.24) is 0 Å². The van der Waals surface area contributed by atoms with Gasteiger partial charge in [-0.25, -0.2) is 0 Å². The Bertz CT molecular complexity index is 942. The largest absolute Gasteiger partial charge is 0.0579 e. The Balaban J connectivity index is 2.44. The lowest BCUT2D eigenvalue weighted by atomic mass is 9.72. The fraction of sp³-hybridized carbons (Fsp3) is 0.586. The highest BCUT2D eigenvalue weighted by atomic mass is 14.4. The minimum absolute atomic E-state index is 0.125. The van der Waals surface area contributed by atoms with Gasteiger partial charge in [-0.05, 0) is 72.6 Å². The molecule has 0 amide bonds. The van der Waals surface area contributed by atoms with E-state index in [0.717, 1.165) is 6.42 Å². The van der Waals surface area contributed by atoms with Crippen LogP contribution < -0.4 is 0 Å². The average Bonchev–Trinajstić information content (AvgIpc) is 2.87. The van der Waals surface area contributed by atoms with Crippen LogP contribution in [0, 0.1) is 0 Å². The summed E-state index contributed by atoms with van der Waals surface area (Å²) in [5.74, 6) is 0. The fourth-order valence-corrected chi connectivity index (χ4v) is 5.19. The van der Waals surface area contributed by atoms with E-state index in [9.17, 15) is 0 Å². The highest BCUT2D eigenvalue weighted by Crippen LogP contribution is 2.51. The quantitative estimate of drug-likeness (QED) is 0.361. The molecule has 0 heteroatoms. The van der Waals surface area contributed by atoms with E-state index in [0.29, 0.717) is 0 Å². The Hall–Kier alpha value is -1.56. The van der Waals surface area contributed by atoms with Crippen molar-refractivity contribution in [2.24, 2.45) is 0 Å². The first-order chi connectivity index (χ1) is 12.9. The van der Waals surface area contributed by atoms with Gasteiger partial charge in [0.15, 0.2) is 0 Å². The molecule has 0 aliphatic heterocycles. The van der Waals surface area contributed by atoms with Crippen LogP contribution in [0.25, 0.3) is 11.1 Å². The molecule has 1 aliphatic rings. The number of hydrogen-bond donors (Lipinski definition) is 0. The van der Waals surface area contributed by atoms with Gasteiger partial charge < -0.3 is 0 Å². The molecular weight excluding hydrogens is 348 g/mol. The molecule has 0 saturated heterocycles. The Labute approximate surface area is 180 Å². The molecule has 0 bridgehead atoms. The van der Waals surface area contributed by atoms with Gasteiger partial charge in [-0.2, -0.15) is 0 Å². The van der Waals surface area contributed by atoms with Gasteiger partial charge in [0.2, 0.25) is 0 Å². The van der Waals surface area contributed by atoms with E-state index < -0.39 is 0 Å². The summed E-state index contributed by atoms with van der Waals surface area (Å²) in [6, 6.07) is 9.67. The molecule has 0 spiro atoms. The number of fused-ring (bicyclic) bond motifs is 3. The Morgan fingerprint density at radius 3 is 1.38 bits per heavy atom. The molecule has 2 aromatic carbocycles. The van der Waals surface area contributed by atoms with E-state index in [1.165, 1.54) is 27.8 Å². The zero-order valence-corrected chi connectivity index (χ0v) is 21.0. The molecule has 0 heterocycles. The normalized spacial score (nSPS) is 14.8. The third-order valence-corrected chi connectivity index (χ3v) is 6.42. The number of hydrogen-bond acceptors (Lipinski definition) is 0. The molecule has 0 atom stereocenters. The van der Waals surface area contributed by atoms with Crippen molar-refractivity contribution < 1.29 is 0 Å². The van der Waals surface area contributed by atoms with Crippen molar-refractivity contribution in [1.29, 1.82) is 0 Å². The van der Waals surface area contributed by atoms with Gasteiger partial charge in [0, 0.05) is 0 Å². The van der Waals surface area contributed by atoms with Gasteiger partial charge in [0.25, 0.3) is 0 Å². The first-order valence-corrected chi connectivity index (χ1v) is 11.3. The second kappa shape index (κ2) is 6.47. The van der Waals surface area contributed by atoms with Crippen molar-refractivity contribution in [2.45, 2.75) is 111 Å². The van der Waals surface area contributed by atoms with Crippen LogP contribution in [0.3, 0.4) is 0 Å². The molecule has 0 saturated carbocycles. The second-order valence-corrected chi connectivity index (χ2v) is 13.2. The summed E-state index contributed by atoms with van der Waals surface area (Å²) in [5.41, 5.74) is 12.8. The molecule has 158 valence electrons. The van der Waals surface area contributed by atoms with Crippen LogP contribution in [-0.4, -0.2) is 0 Å². The monoisotopic (exact) mass is 390 g/mol. The molecule has 0 aromatic heterocycles. The molecule has 1 aliphatic carbocycles. The average molecular weight is 391 g/mol. The lowest BCUT2D eigenvalue weighted by Gasteiger charge is -2.32. The molecule has 0 nitrogen and oxygen atoms in total. The first-order valence-electron chi connectivity index (χ1n) is 11.3. The standard InChI is InChI=1S/C29H42/c1-26(2,3)21-15-16-22(27(4,5)6)24-18-13-14-23(28(7,8)9)25(29(10,11)12)19(18)17-20(21)24/h13-16H,17H2,1-12H3. The van der Waals surface area contributed by atoms with Gasteiger partial charge in [0.1, 0.15) is 0 Å². The summed E-state index contributed by atoms with van der Waals surface area (Å²) < 4.78 is 0. The smallest absolute Gasteiger partial charge is 0.000735 e. The summed E-state index contributed by atoms with van der Waals surface area (Å²) in [5, 5.41) is 0. The van der Waals surface area contributed by atoms with Crippen molar-refractivity contribution in [3.63, 3.8) is 0 Å². The summed E-state index contributed by atoms with van der Waals surface area (Å²) in [4.78, 5) is 0. The van der Waals surface area contributed by atoms with Crippen LogP contribution in [0.4, 0.5) is 0 Å². The molecular formula is C29H42. The van der Waals surface area contributed by atoms with Crippen LogP contribution in [0.5, 0.6) is 0 Å². The summed E-state index contributed by atoms with van der Waals surface area (Å²) >= 11 is 0. The maximum Gasteiger partial charge on any atom is -0.000735 e. The Morgan fingerprint density at radius 2 is 0.931 bits per heavy atom. The second-order valence-electron chi connectivity index (χ2n) is 13.2. The summed E-state index contributed by atoms with van der Waals surface area (Å²) in [7, 11) is 0. The van der Waals surface area contributed by atoms with Crippen LogP contribution in [-0.2, 0) is 28.1 Å². The van der Waals surface area contributed by atoms with Crippen molar-refractivity contribution >= 4 is 0 Å². The van der Waals surface area contributed by atoms with Crippen LogP contribution in [0.2, 0.25) is 0 Å². The summed E-state index contributed by atoms with van der Waals surface area (Å²) in [6.45, 7) is 28.3. The van der Waals surface area contributed by atoms with Crippen molar-refractivity contribution in [2.75, 3.05) is 0 Å². The highest BCUT2D eigenvalue weighted by molar-refractivity contribution is 5.84. The van der Waals surface area contributed by atoms with E-state index in [1.54, 1.807) is 16.7 Å². The molecule has 3 rings (SSSR count). The van der Waals surface area contributed by atoms with Gasteiger partial charge in [-0.15, -0.1) is 0 Å². The van der Waals surface area contributed by atoms with Crippen molar-refractivity contribution in [3.8, 4) is 11.1 Å². The lowest BCUT2D eigenvalue weighted by molar-refractivity contribution is 0.526. The maximum atomic E-state index is 2.43. The topological polar surface area (TPSA) is 0 Å². The van der Waals surface area contributed by atoms with E-state index in [4.69, 9.17) is 0 Å². The Kier molecular flexibility index (Phi) is 4.94. The lowest BCUT2D eigenvalue weighted by Crippen LogP contribution is -2.24. The molecule has 2 aromatic rings. The fourth-order valence-electron chi connectivity index (χ4n) is 5.19. The summed E-state index contributed by atoms with van der Waals surface area (Å²) in [6.07, 6.45) is 1.07. The predicted octanol–water partition coefficient (Wildman–Crippen LogP) is 8.45. The maximum absolute atomic E-state index is 2.43. The van der Waals surface area contributed by atoms with Gasteiger partial charge >= 0.3 is 0 Å². The van der Waals surface area contributed by atoms with E-state index in [2.05, 4.69) is 107 Å². The predicted molar refractivity (Wildman–Crippen MR) is 129 cm³/mol. The van der Waals surface area contributed by atoms with Gasteiger partial charge in [-0.3, -0.25) is 0 Å². The van der Waals surface area contributed by atoms with Crippen LogP contribution in [0.15, 0.2) is 24.3 Å². The number of benzene rings is 2. The molecule has 0 fully saturated rings. The number of rotatable bonds is 0. The van der Waals surface area contributed by atoms with E-state index in [1.807, 2.05) is 0 Å². The minimum atomic E-state index is 0.125. The van der Waals surface area contributed by atoms with E-state index >= 15 is 0 Å². The van der Waals surface area contributed by atoms with E-state index in [-0.39, 0.29) is 21.7 Å². The van der Waals surface area contributed by atoms with Gasteiger partial charge in [0.05, 0.1) is 0 Å². The zero-order valence-electron chi connectivity index (χ0n) is 21.0. The van der Waals surface area contributed by atoms with Crippen molar-refractivity contribution in [3.05, 3.63) is 57.6 Å². The molecule has 0 radical (unpaired) electrons. The Morgan fingerprint density at radius 1 is 0.483 bits per heavy atom. The van der Waals surface area contributed by atoms with Gasteiger partial charge in [-0.1, -0.05) is 107 Å². The molecule has 29 heavy (non-hydrogen) atoms. The molecule has 0 unspecified atom stereocenters. The third-order valence-electron chi connectivity index (χ3n) is 6.42. The van der Waals surface area contributed by atoms with Crippen LogP contribution in [0.1, 0.15) is 116 Å². The minimum Gasteiger partial charge on any atom is -0.0579 e. The SMILES string of the molecule is CC(C)(C)c1ccc(C(C)(C)C)c2c1Cc1c-2ccc(C(C)(C)C)c1C(C)(C)C.